The number of carbonyl (C=O) groups is 3. The molecular weight excluding hydrogens is 376 g/mol. The largest absolute Gasteiger partial charge is 0.462 e. The van der Waals surface area contributed by atoms with Gasteiger partial charge in [0.2, 0.25) is 5.91 Å². The van der Waals surface area contributed by atoms with Crippen molar-refractivity contribution in [1.82, 2.24) is 0 Å². The van der Waals surface area contributed by atoms with E-state index in [9.17, 15) is 14.4 Å². The Hall–Kier alpha value is -2.38. The standard InChI is InChI=1S/C18H19ClN2O4S/c1-4-25-18(24)15-10(2)16(11(3)22)26-17(15)21-14(23)9-20-13-7-5-6-12(19)8-13/h5-8,20H,4,9H2,1-3H3,(H,21,23). The van der Waals surface area contributed by atoms with Gasteiger partial charge in [0, 0.05) is 10.7 Å². The summed E-state index contributed by atoms with van der Waals surface area (Å²) in [5.41, 5.74) is 1.43. The second-order valence-corrected chi connectivity index (χ2v) is 6.91. The van der Waals surface area contributed by atoms with Crippen molar-refractivity contribution in [2.45, 2.75) is 20.8 Å². The molecule has 0 saturated heterocycles. The summed E-state index contributed by atoms with van der Waals surface area (Å²) in [7, 11) is 0. The first kappa shape index (κ1) is 19.9. The number of Topliss-reactive ketones (excluding diaryl/α,β-unsaturated/α-hetero) is 1. The summed E-state index contributed by atoms with van der Waals surface area (Å²) in [5, 5.41) is 6.50. The number of esters is 1. The van der Waals surface area contributed by atoms with E-state index in [1.54, 1.807) is 38.1 Å². The van der Waals surface area contributed by atoms with E-state index in [2.05, 4.69) is 10.6 Å². The molecule has 2 N–H and O–H groups in total. The summed E-state index contributed by atoms with van der Waals surface area (Å²) in [6.07, 6.45) is 0. The summed E-state index contributed by atoms with van der Waals surface area (Å²) in [6.45, 7) is 4.96. The van der Waals surface area contributed by atoms with E-state index in [0.29, 0.717) is 26.2 Å². The third kappa shape index (κ3) is 4.83. The Labute approximate surface area is 160 Å². The van der Waals surface area contributed by atoms with Crippen molar-refractivity contribution in [2.75, 3.05) is 23.8 Å². The van der Waals surface area contributed by atoms with E-state index in [0.717, 1.165) is 11.3 Å². The molecule has 8 heteroatoms. The van der Waals surface area contributed by atoms with E-state index in [1.165, 1.54) is 6.92 Å². The maximum absolute atomic E-state index is 12.3. The highest BCUT2D eigenvalue weighted by Crippen LogP contribution is 2.34. The van der Waals surface area contributed by atoms with Crippen LogP contribution in [-0.4, -0.2) is 30.8 Å². The number of rotatable bonds is 7. The highest BCUT2D eigenvalue weighted by Gasteiger charge is 2.25. The molecule has 6 nitrogen and oxygen atoms in total. The van der Waals surface area contributed by atoms with E-state index >= 15 is 0 Å². The molecule has 0 aliphatic carbocycles. The number of ether oxygens (including phenoxy) is 1. The minimum Gasteiger partial charge on any atom is -0.462 e. The average molecular weight is 395 g/mol. The number of amides is 1. The van der Waals surface area contributed by atoms with Gasteiger partial charge >= 0.3 is 5.97 Å². The SMILES string of the molecule is CCOC(=O)c1c(NC(=O)CNc2cccc(Cl)c2)sc(C(C)=O)c1C. The lowest BCUT2D eigenvalue weighted by molar-refractivity contribution is -0.114. The van der Waals surface area contributed by atoms with Crippen LogP contribution in [0, 0.1) is 6.92 Å². The van der Waals surface area contributed by atoms with Gasteiger partial charge in [-0.15, -0.1) is 11.3 Å². The van der Waals surface area contributed by atoms with E-state index < -0.39 is 5.97 Å². The van der Waals surface area contributed by atoms with Crippen LogP contribution in [0.25, 0.3) is 0 Å². The second-order valence-electron chi connectivity index (χ2n) is 5.45. The quantitative estimate of drug-likeness (QED) is 0.544. The number of halogens is 1. The highest BCUT2D eigenvalue weighted by molar-refractivity contribution is 7.18. The molecule has 0 unspecified atom stereocenters. The predicted molar refractivity (Wildman–Crippen MR) is 104 cm³/mol. The zero-order valence-corrected chi connectivity index (χ0v) is 16.2. The van der Waals surface area contributed by atoms with Crippen LogP contribution in [0.1, 0.15) is 39.4 Å². The minimum atomic E-state index is -0.563. The maximum Gasteiger partial charge on any atom is 0.341 e. The Bertz CT molecular complexity index is 848. The first-order valence-electron chi connectivity index (χ1n) is 7.94. The molecule has 0 radical (unpaired) electrons. The van der Waals surface area contributed by atoms with Crippen LogP contribution in [0.2, 0.25) is 5.02 Å². The first-order valence-corrected chi connectivity index (χ1v) is 9.13. The molecule has 0 saturated carbocycles. The zero-order chi connectivity index (χ0) is 19.3. The lowest BCUT2D eigenvalue weighted by Gasteiger charge is -2.09. The zero-order valence-electron chi connectivity index (χ0n) is 14.6. The molecule has 0 atom stereocenters. The van der Waals surface area contributed by atoms with Crippen LogP contribution >= 0.6 is 22.9 Å². The summed E-state index contributed by atoms with van der Waals surface area (Å²) in [4.78, 5) is 36.7. The van der Waals surface area contributed by atoms with Gasteiger partial charge in [0.1, 0.15) is 5.00 Å². The Morgan fingerprint density at radius 3 is 2.62 bits per heavy atom. The minimum absolute atomic E-state index is 0.0189. The van der Waals surface area contributed by atoms with Crippen LogP contribution in [0.15, 0.2) is 24.3 Å². The van der Waals surface area contributed by atoms with Gasteiger partial charge in [-0.3, -0.25) is 9.59 Å². The van der Waals surface area contributed by atoms with Crippen molar-refractivity contribution in [3.8, 4) is 0 Å². The predicted octanol–water partition coefficient (Wildman–Crippen LogP) is 4.14. The molecule has 1 heterocycles. The number of hydrogen-bond acceptors (Lipinski definition) is 6. The third-order valence-electron chi connectivity index (χ3n) is 3.48. The normalized spacial score (nSPS) is 10.3. The number of anilines is 2. The van der Waals surface area contributed by atoms with Crippen molar-refractivity contribution >= 4 is 51.3 Å². The smallest absolute Gasteiger partial charge is 0.341 e. The molecule has 2 rings (SSSR count). The van der Waals surface area contributed by atoms with E-state index in [4.69, 9.17) is 16.3 Å². The Kier molecular flexibility index (Phi) is 6.76. The number of ketones is 1. The van der Waals surface area contributed by atoms with Crippen LogP contribution in [0.4, 0.5) is 10.7 Å². The van der Waals surface area contributed by atoms with E-state index in [-0.39, 0.29) is 30.4 Å². The van der Waals surface area contributed by atoms with Gasteiger partial charge in [-0.1, -0.05) is 17.7 Å². The Balaban J connectivity index is 2.16. The second kappa shape index (κ2) is 8.82. The third-order valence-corrected chi connectivity index (χ3v) is 5.02. The molecule has 0 aliphatic rings. The van der Waals surface area contributed by atoms with Gasteiger partial charge in [0.25, 0.3) is 0 Å². The maximum atomic E-state index is 12.3. The van der Waals surface area contributed by atoms with Crippen molar-refractivity contribution in [1.29, 1.82) is 0 Å². The fourth-order valence-electron chi connectivity index (χ4n) is 2.34. The number of hydrogen-bond donors (Lipinski definition) is 2. The summed E-state index contributed by atoms with van der Waals surface area (Å²) in [6, 6.07) is 6.98. The molecule has 1 aromatic heterocycles. The van der Waals surface area contributed by atoms with Crippen LogP contribution in [0.5, 0.6) is 0 Å². The van der Waals surface area contributed by atoms with Crippen LogP contribution in [0.3, 0.4) is 0 Å². The molecule has 2 aromatic rings. The lowest BCUT2D eigenvalue weighted by atomic mass is 10.1. The topological polar surface area (TPSA) is 84.5 Å². The van der Waals surface area contributed by atoms with Gasteiger partial charge in [-0.05, 0) is 44.5 Å². The lowest BCUT2D eigenvalue weighted by Crippen LogP contribution is -2.22. The average Bonchev–Trinajstić information content (AvgIpc) is 2.89. The highest BCUT2D eigenvalue weighted by atomic mass is 35.5. The fraction of sp³-hybridized carbons (Fsp3) is 0.278. The van der Waals surface area contributed by atoms with Crippen molar-refractivity contribution in [3.05, 3.63) is 45.3 Å². The molecule has 0 aliphatic heterocycles. The van der Waals surface area contributed by atoms with Crippen molar-refractivity contribution in [3.63, 3.8) is 0 Å². The van der Waals surface area contributed by atoms with Gasteiger partial charge in [-0.25, -0.2) is 4.79 Å². The van der Waals surface area contributed by atoms with E-state index in [1.807, 2.05) is 0 Å². The van der Waals surface area contributed by atoms with Crippen molar-refractivity contribution < 1.29 is 19.1 Å². The molecule has 0 spiro atoms. The van der Waals surface area contributed by atoms with Crippen LogP contribution in [-0.2, 0) is 9.53 Å². The molecular formula is C18H19ClN2O4S. The van der Waals surface area contributed by atoms with Crippen LogP contribution < -0.4 is 10.6 Å². The van der Waals surface area contributed by atoms with Gasteiger partial charge < -0.3 is 15.4 Å². The molecule has 138 valence electrons. The number of nitrogens with one attached hydrogen (secondary N) is 2. The van der Waals surface area contributed by atoms with Gasteiger partial charge in [0.05, 0.1) is 23.6 Å². The fourth-order valence-corrected chi connectivity index (χ4v) is 3.63. The molecule has 26 heavy (non-hydrogen) atoms. The number of thiophene rings is 1. The molecule has 1 amide bonds. The van der Waals surface area contributed by atoms with Gasteiger partial charge in [0.15, 0.2) is 5.78 Å². The molecule has 1 aromatic carbocycles. The molecule has 0 fully saturated rings. The monoisotopic (exact) mass is 394 g/mol. The number of benzene rings is 1. The Morgan fingerprint density at radius 1 is 1.27 bits per heavy atom. The summed E-state index contributed by atoms with van der Waals surface area (Å²) >= 11 is 6.97. The summed E-state index contributed by atoms with van der Waals surface area (Å²) in [5.74, 6) is -1.09. The number of carbonyl (C=O) groups excluding carboxylic acids is 3. The Morgan fingerprint density at radius 2 is 2.00 bits per heavy atom. The molecule has 0 bridgehead atoms. The summed E-state index contributed by atoms with van der Waals surface area (Å²) < 4.78 is 5.04. The van der Waals surface area contributed by atoms with Gasteiger partial charge in [-0.2, -0.15) is 0 Å². The van der Waals surface area contributed by atoms with Crippen molar-refractivity contribution in [2.24, 2.45) is 0 Å². The first-order chi connectivity index (χ1) is 12.3.